The number of hydrogen-bond acceptors (Lipinski definition) is 4. The van der Waals surface area contributed by atoms with Crippen LogP contribution in [0.3, 0.4) is 0 Å². The minimum absolute atomic E-state index is 0.178. The summed E-state index contributed by atoms with van der Waals surface area (Å²) >= 11 is 0. The van der Waals surface area contributed by atoms with Gasteiger partial charge in [-0.2, -0.15) is 0 Å². The molecule has 4 nitrogen and oxygen atoms in total. The van der Waals surface area contributed by atoms with Crippen molar-refractivity contribution in [2.45, 2.75) is 6.92 Å². The molecule has 82 valence electrons. The number of carbonyl (C=O) groups excluding carboxylic acids is 2. The second-order valence-electron chi connectivity index (χ2n) is 3.06. The first kappa shape index (κ1) is 15.5. The minimum Gasteiger partial charge on any atom is -0.313 e. The van der Waals surface area contributed by atoms with Gasteiger partial charge in [0.05, 0.1) is 6.54 Å². The molecule has 0 aliphatic heterocycles. The molecule has 4 heteroatoms. The molecule has 0 fully saturated rings. The standard InChI is InChI=1S/C6H11NO.C4H9NO/c1-7(2)5-3-4-6-8;1-4(6)3-5-2/h3-4,6H,5H2,1-2H3;5H,3H2,1-2H3/b4-3+;. The first-order chi connectivity index (χ1) is 6.54. The van der Waals surface area contributed by atoms with E-state index in [1.54, 1.807) is 14.0 Å². The van der Waals surface area contributed by atoms with Crippen LogP contribution in [0, 0.1) is 0 Å². The summed E-state index contributed by atoms with van der Waals surface area (Å²) in [4.78, 5) is 21.6. The third-order valence-electron chi connectivity index (χ3n) is 1.11. The van der Waals surface area contributed by atoms with E-state index in [9.17, 15) is 9.59 Å². The zero-order valence-corrected chi connectivity index (χ0v) is 9.41. The van der Waals surface area contributed by atoms with Crippen molar-refractivity contribution in [3.8, 4) is 0 Å². The average molecular weight is 200 g/mol. The zero-order chi connectivity index (χ0) is 11.4. The van der Waals surface area contributed by atoms with Crippen LogP contribution in [0.15, 0.2) is 12.2 Å². The summed E-state index contributed by atoms with van der Waals surface area (Å²) in [7, 11) is 5.66. The summed E-state index contributed by atoms with van der Waals surface area (Å²) in [6.07, 6.45) is 4.09. The predicted molar refractivity (Wildman–Crippen MR) is 58.4 cm³/mol. The third kappa shape index (κ3) is 22.4. The SMILES string of the molecule is CN(C)C/C=C/C=O.CNCC(C)=O. The lowest BCUT2D eigenvalue weighted by molar-refractivity contribution is -0.116. The minimum atomic E-state index is 0.178. The molecule has 0 spiro atoms. The fraction of sp³-hybridized carbons (Fsp3) is 0.600. The van der Waals surface area contributed by atoms with Gasteiger partial charge in [0.1, 0.15) is 12.1 Å². The molecule has 0 aromatic rings. The lowest BCUT2D eigenvalue weighted by atomic mass is 10.5. The Hall–Kier alpha value is -1.00. The molecule has 0 radical (unpaired) electrons. The molecule has 0 aromatic heterocycles. The fourth-order valence-corrected chi connectivity index (χ4v) is 0.576. The van der Waals surface area contributed by atoms with Crippen molar-refractivity contribution in [3.63, 3.8) is 0 Å². The maximum Gasteiger partial charge on any atom is 0.143 e. The van der Waals surface area contributed by atoms with Crippen LogP contribution >= 0.6 is 0 Å². The highest BCUT2D eigenvalue weighted by molar-refractivity contribution is 5.77. The van der Waals surface area contributed by atoms with Crippen molar-refractivity contribution in [2.75, 3.05) is 34.2 Å². The molecule has 0 unspecified atom stereocenters. The normalized spacial score (nSPS) is 9.79. The van der Waals surface area contributed by atoms with Crippen LogP contribution in [-0.4, -0.2) is 51.2 Å². The molecule has 0 saturated carbocycles. The Morgan fingerprint density at radius 1 is 1.43 bits per heavy atom. The maximum atomic E-state index is 9.98. The average Bonchev–Trinajstić information content (AvgIpc) is 2.05. The number of nitrogens with zero attached hydrogens (tertiary/aromatic N) is 1. The molecule has 1 N–H and O–H groups in total. The summed E-state index contributed by atoms with van der Waals surface area (Å²) in [5, 5.41) is 2.72. The van der Waals surface area contributed by atoms with Gasteiger partial charge in [-0.25, -0.2) is 0 Å². The van der Waals surface area contributed by atoms with Crippen LogP contribution in [0.2, 0.25) is 0 Å². The molecule has 0 saturated heterocycles. The number of hydrogen-bond donors (Lipinski definition) is 1. The summed E-state index contributed by atoms with van der Waals surface area (Å²) in [5.41, 5.74) is 0. The van der Waals surface area contributed by atoms with Crippen LogP contribution in [0.5, 0.6) is 0 Å². The Kier molecular flexibility index (Phi) is 13.3. The van der Waals surface area contributed by atoms with Crippen LogP contribution in [0.1, 0.15) is 6.92 Å². The highest BCUT2D eigenvalue weighted by Crippen LogP contribution is 1.73. The van der Waals surface area contributed by atoms with Gasteiger partial charge < -0.3 is 10.2 Å². The van der Waals surface area contributed by atoms with Gasteiger partial charge >= 0.3 is 0 Å². The number of carbonyl (C=O) groups is 2. The topological polar surface area (TPSA) is 49.4 Å². The Labute approximate surface area is 86.0 Å². The van der Waals surface area contributed by atoms with Gasteiger partial charge in [0.2, 0.25) is 0 Å². The van der Waals surface area contributed by atoms with Crippen molar-refractivity contribution in [2.24, 2.45) is 0 Å². The van der Waals surface area contributed by atoms with E-state index in [0.29, 0.717) is 6.54 Å². The summed E-state index contributed by atoms with van der Waals surface area (Å²) in [5.74, 6) is 0.178. The monoisotopic (exact) mass is 200 g/mol. The number of Topliss-reactive ketones (excluding diaryl/α,β-unsaturated/α-hetero) is 1. The first-order valence-corrected chi connectivity index (χ1v) is 4.43. The Morgan fingerprint density at radius 2 is 2.00 bits per heavy atom. The zero-order valence-electron chi connectivity index (χ0n) is 9.41. The molecule has 0 heterocycles. The Balaban J connectivity index is 0. The van der Waals surface area contributed by atoms with Crippen LogP contribution in [0.4, 0.5) is 0 Å². The highest BCUT2D eigenvalue weighted by atomic mass is 16.1. The summed E-state index contributed by atoms with van der Waals surface area (Å²) in [6, 6.07) is 0. The second-order valence-corrected chi connectivity index (χ2v) is 3.06. The van der Waals surface area contributed by atoms with Gasteiger partial charge in [0, 0.05) is 6.54 Å². The number of nitrogens with one attached hydrogen (secondary N) is 1. The van der Waals surface area contributed by atoms with E-state index in [1.807, 2.05) is 25.1 Å². The van der Waals surface area contributed by atoms with E-state index < -0.39 is 0 Å². The number of rotatable bonds is 5. The van der Waals surface area contributed by atoms with Crippen molar-refractivity contribution >= 4 is 12.1 Å². The van der Waals surface area contributed by atoms with E-state index in [-0.39, 0.29) is 5.78 Å². The van der Waals surface area contributed by atoms with E-state index in [4.69, 9.17) is 0 Å². The van der Waals surface area contributed by atoms with Crippen molar-refractivity contribution in [1.29, 1.82) is 0 Å². The van der Waals surface area contributed by atoms with E-state index in [1.165, 1.54) is 6.08 Å². The largest absolute Gasteiger partial charge is 0.313 e. The number of ketones is 1. The fourth-order valence-electron chi connectivity index (χ4n) is 0.576. The lowest BCUT2D eigenvalue weighted by Gasteiger charge is -2.01. The highest BCUT2D eigenvalue weighted by Gasteiger charge is 1.82. The lowest BCUT2D eigenvalue weighted by Crippen LogP contribution is -2.14. The molecule has 0 rings (SSSR count). The molecule has 14 heavy (non-hydrogen) atoms. The molecule has 0 aromatic carbocycles. The number of aldehydes is 1. The van der Waals surface area contributed by atoms with Gasteiger partial charge in [0.25, 0.3) is 0 Å². The van der Waals surface area contributed by atoms with Crippen molar-refractivity contribution < 1.29 is 9.59 Å². The Bertz CT molecular complexity index is 177. The quantitative estimate of drug-likeness (QED) is 0.505. The summed E-state index contributed by atoms with van der Waals surface area (Å²) < 4.78 is 0. The van der Waals surface area contributed by atoms with Gasteiger partial charge in [0.15, 0.2) is 0 Å². The van der Waals surface area contributed by atoms with Gasteiger partial charge in [-0.15, -0.1) is 0 Å². The molecular weight excluding hydrogens is 180 g/mol. The van der Waals surface area contributed by atoms with E-state index in [0.717, 1.165) is 12.8 Å². The predicted octanol–water partition coefficient (Wildman–Crippen LogP) is 0.0979. The molecule has 0 atom stereocenters. The first-order valence-electron chi connectivity index (χ1n) is 4.43. The van der Waals surface area contributed by atoms with Gasteiger partial charge in [-0.3, -0.25) is 9.59 Å². The number of likely N-dealkylation sites (N-methyl/N-ethyl adjacent to an activating group) is 2. The molecule has 0 bridgehead atoms. The Morgan fingerprint density at radius 3 is 2.21 bits per heavy atom. The molecule has 0 aliphatic carbocycles. The smallest absolute Gasteiger partial charge is 0.143 e. The van der Waals surface area contributed by atoms with Crippen LogP contribution in [0.25, 0.3) is 0 Å². The van der Waals surface area contributed by atoms with E-state index >= 15 is 0 Å². The van der Waals surface area contributed by atoms with Crippen LogP contribution in [-0.2, 0) is 9.59 Å². The third-order valence-corrected chi connectivity index (χ3v) is 1.11. The van der Waals surface area contributed by atoms with Gasteiger partial charge in [-0.1, -0.05) is 6.08 Å². The molecule has 0 amide bonds. The van der Waals surface area contributed by atoms with Gasteiger partial charge in [-0.05, 0) is 34.1 Å². The van der Waals surface area contributed by atoms with Crippen molar-refractivity contribution in [1.82, 2.24) is 10.2 Å². The maximum absolute atomic E-state index is 9.98. The van der Waals surface area contributed by atoms with Crippen molar-refractivity contribution in [3.05, 3.63) is 12.2 Å². The number of allylic oxidation sites excluding steroid dienone is 1. The summed E-state index contributed by atoms with van der Waals surface area (Å²) in [6.45, 7) is 2.87. The molecule has 0 aliphatic rings. The molecular formula is C10H20N2O2. The van der Waals surface area contributed by atoms with Crippen LogP contribution < -0.4 is 5.32 Å². The van der Waals surface area contributed by atoms with E-state index in [2.05, 4.69) is 5.32 Å². The second kappa shape index (κ2) is 12.0.